The van der Waals surface area contributed by atoms with Crippen LogP contribution in [0.3, 0.4) is 0 Å². The van der Waals surface area contributed by atoms with Gasteiger partial charge in [-0.3, -0.25) is 9.52 Å². The van der Waals surface area contributed by atoms with Crippen molar-refractivity contribution >= 4 is 21.5 Å². The average Bonchev–Trinajstić information content (AvgIpc) is 2.62. The molecule has 0 amide bonds. The Morgan fingerprint density at radius 1 is 0.846 bits per heavy atom. The van der Waals surface area contributed by atoms with E-state index in [1.807, 2.05) is 37.3 Å². The maximum atomic E-state index is 12.4. The summed E-state index contributed by atoms with van der Waals surface area (Å²) in [5, 5.41) is 0. The van der Waals surface area contributed by atoms with Crippen LogP contribution in [0.4, 0.5) is 5.69 Å². The summed E-state index contributed by atoms with van der Waals surface area (Å²) < 4.78 is 27.5. The van der Waals surface area contributed by atoms with E-state index in [4.69, 9.17) is 0 Å². The SMILES string of the molecule is CC(=O)c1cccc(-c2ccc(NS(=O)(=O)c3ccc(C)cc3)cc2)c1. The van der Waals surface area contributed by atoms with Crippen molar-refractivity contribution in [1.29, 1.82) is 0 Å². The molecule has 0 unspecified atom stereocenters. The number of ketones is 1. The minimum absolute atomic E-state index is 0.00864. The van der Waals surface area contributed by atoms with E-state index in [0.29, 0.717) is 11.3 Å². The Bertz CT molecular complexity index is 1040. The fourth-order valence-electron chi connectivity index (χ4n) is 2.58. The van der Waals surface area contributed by atoms with Gasteiger partial charge in [0.05, 0.1) is 4.90 Å². The molecule has 0 radical (unpaired) electrons. The van der Waals surface area contributed by atoms with Crippen molar-refractivity contribution in [3.8, 4) is 11.1 Å². The maximum absolute atomic E-state index is 12.4. The van der Waals surface area contributed by atoms with Crippen LogP contribution in [0.25, 0.3) is 11.1 Å². The number of aryl methyl sites for hydroxylation is 1. The molecule has 0 heterocycles. The number of anilines is 1. The van der Waals surface area contributed by atoms with E-state index in [-0.39, 0.29) is 10.7 Å². The van der Waals surface area contributed by atoms with Crippen molar-refractivity contribution in [2.75, 3.05) is 4.72 Å². The van der Waals surface area contributed by atoms with Crippen LogP contribution in [0.5, 0.6) is 0 Å². The molecule has 26 heavy (non-hydrogen) atoms. The number of rotatable bonds is 5. The zero-order chi connectivity index (χ0) is 18.7. The van der Waals surface area contributed by atoms with Crippen molar-refractivity contribution in [3.05, 3.63) is 83.9 Å². The first-order chi connectivity index (χ1) is 12.3. The van der Waals surface area contributed by atoms with E-state index in [2.05, 4.69) is 4.72 Å². The summed E-state index contributed by atoms with van der Waals surface area (Å²) in [7, 11) is -3.62. The molecule has 4 nitrogen and oxygen atoms in total. The van der Waals surface area contributed by atoms with Gasteiger partial charge >= 0.3 is 0 Å². The number of Topliss-reactive ketones (excluding diaryl/α,β-unsaturated/α-hetero) is 1. The molecular formula is C21H19NO3S. The standard InChI is InChI=1S/C21H19NO3S/c1-15-6-12-21(13-7-15)26(24,25)22-20-10-8-17(9-11-20)19-5-3-4-18(14-19)16(2)23/h3-14,22H,1-2H3. The highest BCUT2D eigenvalue weighted by molar-refractivity contribution is 7.92. The molecule has 0 bridgehead atoms. The first-order valence-electron chi connectivity index (χ1n) is 8.16. The van der Waals surface area contributed by atoms with Crippen molar-refractivity contribution < 1.29 is 13.2 Å². The molecule has 3 aromatic carbocycles. The molecule has 0 aliphatic heterocycles. The summed E-state index contributed by atoms with van der Waals surface area (Å²) in [6.07, 6.45) is 0. The molecule has 0 aliphatic rings. The zero-order valence-electron chi connectivity index (χ0n) is 14.6. The molecule has 0 saturated carbocycles. The van der Waals surface area contributed by atoms with Gasteiger partial charge in [-0.2, -0.15) is 0 Å². The second-order valence-electron chi connectivity index (χ2n) is 6.13. The molecule has 132 valence electrons. The Hall–Kier alpha value is -2.92. The number of carbonyl (C=O) groups is 1. The van der Waals surface area contributed by atoms with Gasteiger partial charge in [-0.05, 0) is 55.3 Å². The lowest BCUT2D eigenvalue weighted by molar-refractivity contribution is 0.101. The third kappa shape index (κ3) is 4.00. The van der Waals surface area contributed by atoms with Gasteiger partial charge in [0.2, 0.25) is 0 Å². The van der Waals surface area contributed by atoms with Crippen LogP contribution in [0, 0.1) is 6.92 Å². The van der Waals surface area contributed by atoms with E-state index < -0.39 is 10.0 Å². The van der Waals surface area contributed by atoms with E-state index in [0.717, 1.165) is 16.7 Å². The topological polar surface area (TPSA) is 63.2 Å². The van der Waals surface area contributed by atoms with Crippen LogP contribution in [-0.4, -0.2) is 14.2 Å². The van der Waals surface area contributed by atoms with Crippen LogP contribution in [-0.2, 0) is 10.0 Å². The molecule has 0 atom stereocenters. The Kier molecular flexibility index (Phi) is 4.91. The Balaban J connectivity index is 1.83. The third-order valence-corrected chi connectivity index (χ3v) is 5.47. The minimum atomic E-state index is -3.62. The van der Waals surface area contributed by atoms with Crippen molar-refractivity contribution in [1.82, 2.24) is 0 Å². The summed E-state index contributed by atoms with van der Waals surface area (Å²) in [6.45, 7) is 3.44. The number of nitrogens with one attached hydrogen (secondary N) is 1. The predicted octanol–water partition coefficient (Wildman–Crippen LogP) is 4.67. The fourth-order valence-corrected chi connectivity index (χ4v) is 3.64. The van der Waals surface area contributed by atoms with Gasteiger partial charge < -0.3 is 0 Å². The summed E-state index contributed by atoms with van der Waals surface area (Å²) in [4.78, 5) is 11.7. The van der Waals surface area contributed by atoms with Gasteiger partial charge in [0.15, 0.2) is 5.78 Å². The quantitative estimate of drug-likeness (QED) is 0.669. The first kappa shape index (κ1) is 17.9. The zero-order valence-corrected chi connectivity index (χ0v) is 15.4. The smallest absolute Gasteiger partial charge is 0.261 e. The van der Waals surface area contributed by atoms with Crippen LogP contribution in [0.2, 0.25) is 0 Å². The molecule has 0 spiro atoms. The van der Waals surface area contributed by atoms with Crippen molar-refractivity contribution in [2.24, 2.45) is 0 Å². The molecule has 3 rings (SSSR count). The molecule has 0 aliphatic carbocycles. The summed E-state index contributed by atoms with van der Waals surface area (Å²) in [6, 6.07) is 21.1. The van der Waals surface area contributed by atoms with Gasteiger partial charge in [-0.1, -0.05) is 48.0 Å². The van der Waals surface area contributed by atoms with Gasteiger partial charge in [-0.15, -0.1) is 0 Å². The largest absolute Gasteiger partial charge is 0.295 e. The predicted molar refractivity (Wildman–Crippen MR) is 104 cm³/mol. The second-order valence-corrected chi connectivity index (χ2v) is 7.82. The molecule has 3 aromatic rings. The van der Waals surface area contributed by atoms with Crippen LogP contribution < -0.4 is 4.72 Å². The summed E-state index contributed by atoms with van der Waals surface area (Å²) >= 11 is 0. The number of sulfonamides is 1. The Morgan fingerprint density at radius 3 is 2.12 bits per heavy atom. The third-order valence-electron chi connectivity index (χ3n) is 4.07. The van der Waals surface area contributed by atoms with Crippen molar-refractivity contribution in [3.63, 3.8) is 0 Å². The monoisotopic (exact) mass is 365 g/mol. The number of hydrogen-bond acceptors (Lipinski definition) is 3. The fraction of sp³-hybridized carbons (Fsp3) is 0.0952. The minimum Gasteiger partial charge on any atom is -0.295 e. The lowest BCUT2D eigenvalue weighted by Gasteiger charge is -2.10. The summed E-state index contributed by atoms with van der Waals surface area (Å²) in [5.74, 6) is 0.00864. The highest BCUT2D eigenvalue weighted by Crippen LogP contribution is 2.24. The second kappa shape index (κ2) is 7.14. The number of carbonyl (C=O) groups excluding carboxylic acids is 1. The van der Waals surface area contributed by atoms with Crippen molar-refractivity contribution in [2.45, 2.75) is 18.7 Å². The molecule has 5 heteroatoms. The molecule has 0 aromatic heterocycles. The lowest BCUT2D eigenvalue weighted by atomic mass is 10.0. The maximum Gasteiger partial charge on any atom is 0.261 e. The van der Waals surface area contributed by atoms with Gasteiger partial charge in [0.25, 0.3) is 10.0 Å². The molecular weight excluding hydrogens is 346 g/mol. The summed E-state index contributed by atoms with van der Waals surface area (Å²) in [5.41, 5.74) is 3.95. The number of hydrogen-bond donors (Lipinski definition) is 1. The van der Waals surface area contributed by atoms with Gasteiger partial charge in [-0.25, -0.2) is 8.42 Å². The first-order valence-corrected chi connectivity index (χ1v) is 9.64. The normalized spacial score (nSPS) is 11.2. The Labute approximate surface area is 153 Å². The van der Waals surface area contributed by atoms with Crippen LogP contribution >= 0.6 is 0 Å². The van der Waals surface area contributed by atoms with E-state index >= 15 is 0 Å². The number of benzene rings is 3. The van der Waals surface area contributed by atoms with Gasteiger partial charge in [0, 0.05) is 11.3 Å². The Morgan fingerprint density at radius 2 is 1.50 bits per heavy atom. The molecule has 0 saturated heterocycles. The highest BCUT2D eigenvalue weighted by atomic mass is 32.2. The average molecular weight is 365 g/mol. The highest BCUT2D eigenvalue weighted by Gasteiger charge is 2.13. The van der Waals surface area contributed by atoms with Crippen LogP contribution in [0.15, 0.2) is 77.7 Å². The van der Waals surface area contributed by atoms with Gasteiger partial charge in [0.1, 0.15) is 0 Å². The van der Waals surface area contributed by atoms with Crippen LogP contribution in [0.1, 0.15) is 22.8 Å². The van der Waals surface area contributed by atoms with E-state index in [1.54, 1.807) is 42.5 Å². The van der Waals surface area contributed by atoms with E-state index in [1.165, 1.54) is 6.92 Å². The molecule has 0 fully saturated rings. The van der Waals surface area contributed by atoms with E-state index in [9.17, 15) is 13.2 Å². The lowest BCUT2D eigenvalue weighted by Crippen LogP contribution is -2.12. The molecule has 1 N–H and O–H groups in total.